The molecule has 0 saturated heterocycles. The number of hydrogen-bond donors (Lipinski definition) is 4. The van der Waals surface area contributed by atoms with Gasteiger partial charge >= 0.3 is 0 Å². The first-order valence-electron chi connectivity index (χ1n) is 10.2. The van der Waals surface area contributed by atoms with Crippen molar-refractivity contribution in [2.24, 2.45) is 70.0 Å². The third-order valence-electron chi connectivity index (χ3n) is 11.1. The molecule has 24 heavy (non-hydrogen) atoms. The van der Waals surface area contributed by atoms with Crippen molar-refractivity contribution < 1.29 is 20.4 Å². The molecule has 0 aromatic carbocycles. The first-order valence-corrected chi connectivity index (χ1v) is 10.2. The second-order valence-corrected chi connectivity index (χ2v) is 10.4. The molecule has 132 valence electrons. The molecule has 8 rings (SSSR count). The maximum absolute atomic E-state index is 10.7. The van der Waals surface area contributed by atoms with Gasteiger partial charge in [-0.2, -0.15) is 0 Å². The number of fused-ring (bicyclic) bond motifs is 2. The lowest BCUT2D eigenvalue weighted by molar-refractivity contribution is -0.196. The standard InChI is InChI=1S/C20H28O4/c21-5-19-15-7-1-3-9(23)11(7)17-13(15)14-16(20(17,19)6-22)8-2-4-10(24)12(8)18(14)19/h7-18,21-24H,1-6H2/t7-,8+,9+,10-,11-,12-,13-,14+,15-,16+,17-,18+,19+,20-/m1/s1. The minimum atomic E-state index is -0.185. The Labute approximate surface area is 142 Å². The van der Waals surface area contributed by atoms with Crippen LogP contribution in [0.25, 0.3) is 0 Å². The molecular weight excluding hydrogens is 304 g/mol. The van der Waals surface area contributed by atoms with Crippen LogP contribution >= 0.6 is 0 Å². The zero-order valence-electron chi connectivity index (χ0n) is 14.0. The van der Waals surface area contributed by atoms with Crippen molar-refractivity contribution in [2.45, 2.75) is 37.9 Å². The summed E-state index contributed by atoms with van der Waals surface area (Å²) < 4.78 is 0. The number of hydrogen-bond acceptors (Lipinski definition) is 4. The van der Waals surface area contributed by atoms with Crippen LogP contribution in [-0.4, -0.2) is 45.8 Å². The Morgan fingerprint density at radius 2 is 1.00 bits per heavy atom. The van der Waals surface area contributed by atoms with Crippen LogP contribution < -0.4 is 0 Å². The summed E-state index contributed by atoms with van der Waals surface area (Å²) in [5.74, 6) is 4.98. The molecule has 0 radical (unpaired) electrons. The highest BCUT2D eigenvalue weighted by Gasteiger charge is 2.96. The number of aliphatic hydroxyl groups excluding tert-OH is 4. The zero-order valence-corrected chi connectivity index (χ0v) is 14.0. The Morgan fingerprint density at radius 3 is 1.38 bits per heavy atom. The second kappa shape index (κ2) is 3.76. The fourth-order valence-corrected chi connectivity index (χ4v) is 11.6. The van der Waals surface area contributed by atoms with Crippen molar-refractivity contribution in [1.29, 1.82) is 0 Å². The lowest BCUT2D eigenvalue weighted by Gasteiger charge is -2.60. The van der Waals surface area contributed by atoms with E-state index in [1.54, 1.807) is 0 Å². The normalized spacial score (nSPS) is 75.5. The van der Waals surface area contributed by atoms with Gasteiger partial charge in [0.25, 0.3) is 0 Å². The van der Waals surface area contributed by atoms with E-state index < -0.39 is 0 Å². The van der Waals surface area contributed by atoms with E-state index in [1.807, 2.05) is 0 Å². The quantitative estimate of drug-likeness (QED) is 0.593. The smallest absolute Gasteiger partial charge is 0.0574 e. The van der Waals surface area contributed by atoms with Gasteiger partial charge in [0.15, 0.2) is 0 Å². The minimum absolute atomic E-state index is 0.149. The summed E-state index contributed by atoms with van der Waals surface area (Å²) in [5, 5.41) is 42.8. The summed E-state index contributed by atoms with van der Waals surface area (Å²) >= 11 is 0. The van der Waals surface area contributed by atoms with Gasteiger partial charge in [-0.25, -0.2) is 0 Å². The van der Waals surface area contributed by atoms with Gasteiger partial charge in [-0.15, -0.1) is 0 Å². The predicted octanol–water partition coefficient (Wildman–Crippen LogP) is 0.483. The third kappa shape index (κ3) is 0.933. The van der Waals surface area contributed by atoms with Gasteiger partial charge in [-0.05, 0) is 84.9 Å². The van der Waals surface area contributed by atoms with Gasteiger partial charge in [0.05, 0.1) is 12.2 Å². The number of rotatable bonds is 2. The molecule has 14 atom stereocenters. The molecule has 8 saturated carbocycles. The molecule has 8 aliphatic rings. The predicted molar refractivity (Wildman–Crippen MR) is 84.4 cm³/mol. The van der Waals surface area contributed by atoms with Crippen LogP contribution in [0.4, 0.5) is 0 Å². The molecule has 0 unspecified atom stereocenters. The third-order valence-corrected chi connectivity index (χ3v) is 11.1. The fraction of sp³-hybridized carbons (Fsp3) is 1.00. The topological polar surface area (TPSA) is 80.9 Å². The summed E-state index contributed by atoms with van der Waals surface area (Å²) in [6.07, 6.45) is 3.66. The van der Waals surface area contributed by atoms with Crippen LogP contribution in [0.1, 0.15) is 25.7 Å². The molecule has 8 bridgehead atoms. The van der Waals surface area contributed by atoms with Gasteiger partial charge in [-0.3, -0.25) is 0 Å². The van der Waals surface area contributed by atoms with Crippen LogP contribution in [-0.2, 0) is 0 Å². The van der Waals surface area contributed by atoms with Gasteiger partial charge < -0.3 is 20.4 Å². The molecule has 8 fully saturated rings. The van der Waals surface area contributed by atoms with Crippen molar-refractivity contribution >= 4 is 0 Å². The first kappa shape index (κ1) is 14.0. The van der Waals surface area contributed by atoms with Crippen LogP contribution in [0, 0.1) is 70.0 Å². The fourth-order valence-electron chi connectivity index (χ4n) is 11.6. The minimum Gasteiger partial charge on any atom is -0.396 e. The maximum Gasteiger partial charge on any atom is 0.0574 e. The molecule has 0 aliphatic heterocycles. The van der Waals surface area contributed by atoms with Crippen molar-refractivity contribution in [1.82, 2.24) is 0 Å². The highest BCUT2D eigenvalue weighted by atomic mass is 16.3. The largest absolute Gasteiger partial charge is 0.396 e. The number of aliphatic hydroxyl groups is 4. The van der Waals surface area contributed by atoms with Crippen molar-refractivity contribution in [3.63, 3.8) is 0 Å². The van der Waals surface area contributed by atoms with Crippen molar-refractivity contribution in [3.05, 3.63) is 0 Å². The van der Waals surface area contributed by atoms with Crippen LogP contribution in [0.5, 0.6) is 0 Å². The summed E-state index contributed by atoms with van der Waals surface area (Å²) in [6, 6.07) is 0. The summed E-state index contributed by atoms with van der Waals surface area (Å²) in [7, 11) is 0. The highest BCUT2D eigenvalue weighted by Crippen LogP contribution is 2.96. The van der Waals surface area contributed by atoms with Crippen LogP contribution in [0.3, 0.4) is 0 Å². The second-order valence-electron chi connectivity index (χ2n) is 10.4. The van der Waals surface area contributed by atoms with E-state index in [0.29, 0.717) is 59.2 Å². The Bertz CT molecular complexity index is 583. The van der Waals surface area contributed by atoms with E-state index in [9.17, 15) is 20.4 Å². The van der Waals surface area contributed by atoms with Crippen molar-refractivity contribution in [2.75, 3.05) is 13.2 Å². The lowest BCUT2D eigenvalue weighted by atomic mass is 9.44. The Kier molecular flexibility index (Phi) is 2.19. The van der Waals surface area contributed by atoms with Crippen LogP contribution in [0.15, 0.2) is 0 Å². The van der Waals surface area contributed by atoms with E-state index in [4.69, 9.17) is 0 Å². The SMILES string of the molecule is OC[C@]12[C@H]3[C@@H]4[C@@H]5[C@H]([C@@H]6[C@H](CC[C@H]6O)[C@@H]51)[C@]2(CO)[C@@H]4[C@@H]1CC[C@H](O)[C@@H]13. The van der Waals surface area contributed by atoms with Gasteiger partial charge in [0, 0.05) is 24.0 Å². The van der Waals surface area contributed by atoms with Crippen LogP contribution in [0.2, 0.25) is 0 Å². The molecule has 0 spiro atoms. The molecule has 0 aromatic rings. The molecule has 8 aliphatic carbocycles. The molecular formula is C20H28O4. The van der Waals surface area contributed by atoms with E-state index in [0.717, 1.165) is 25.7 Å². The van der Waals surface area contributed by atoms with E-state index in [1.165, 1.54) is 0 Å². The summed E-state index contributed by atoms with van der Waals surface area (Å²) in [5.41, 5.74) is -0.297. The monoisotopic (exact) mass is 332 g/mol. The molecule has 0 heterocycles. The Hall–Kier alpha value is -0.160. The van der Waals surface area contributed by atoms with Crippen molar-refractivity contribution in [3.8, 4) is 0 Å². The van der Waals surface area contributed by atoms with Gasteiger partial charge in [-0.1, -0.05) is 0 Å². The lowest BCUT2D eigenvalue weighted by Crippen LogP contribution is -2.62. The van der Waals surface area contributed by atoms with E-state index in [-0.39, 0.29) is 36.3 Å². The van der Waals surface area contributed by atoms with Gasteiger partial charge in [0.2, 0.25) is 0 Å². The Morgan fingerprint density at radius 1 is 0.583 bits per heavy atom. The van der Waals surface area contributed by atoms with E-state index >= 15 is 0 Å². The summed E-state index contributed by atoms with van der Waals surface area (Å²) in [4.78, 5) is 0. The van der Waals surface area contributed by atoms with E-state index in [2.05, 4.69) is 0 Å². The molecule has 4 heteroatoms. The maximum atomic E-state index is 10.7. The summed E-state index contributed by atoms with van der Waals surface area (Å²) in [6.45, 7) is 0.385. The average Bonchev–Trinajstić information content (AvgIpc) is 3.36. The highest BCUT2D eigenvalue weighted by molar-refractivity contribution is 5.42. The average molecular weight is 332 g/mol. The molecule has 4 nitrogen and oxygen atoms in total. The van der Waals surface area contributed by atoms with Gasteiger partial charge in [0.1, 0.15) is 0 Å². The molecule has 0 aromatic heterocycles. The Balaban J connectivity index is 1.48. The molecule has 4 N–H and O–H groups in total. The zero-order chi connectivity index (χ0) is 16.2. The molecule has 0 amide bonds. The first-order chi connectivity index (χ1) is 11.6.